The molecule has 25 heavy (non-hydrogen) atoms. The highest BCUT2D eigenvalue weighted by molar-refractivity contribution is 5.94. The molecule has 0 bridgehead atoms. The average Bonchev–Trinajstić information content (AvgIpc) is 2.59. The lowest BCUT2D eigenvalue weighted by Gasteiger charge is -2.43. The topological polar surface area (TPSA) is 78.9 Å². The first-order valence-electron chi connectivity index (χ1n) is 8.60. The predicted molar refractivity (Wildman–Crippen MR) is 95.5 cm³/mol. The van der Waals surface area contributed by atoms with Crippen molar-refractivity contribution in [3.63, 3.8) is 0 Å². The highest BCUT2D eigenvalue weighted by atomic mass is 16.5. The van der Waals surface area contributed by atoms with Crippen LogP contribution in [0.4, 0.5) is 10.5 Å². The molecule has 3 atom stereocenters. The van der Waals surface area contributed by atoms with Gasteiger partial charge in [0.1, 0.15) is 0 Å². The fourth-order valence-electron chi connectivity index (χ4n) is 3.83. The molecule has 2 N–H and O–H groups in total. The molecule has 6 nitrogen and oxygen atoms in total. The molecule has 0 unspecified atom stereocenters. The molecule has 2 amide bonds. The first kappa shape index (κ1) is 17.5. The van der Waals surface area contributed by atoms with E-state index in [9.17, 15) is 14.7 Å². The second kappa shape index (κ2) is 6.88. The van der Waals surface area contributed by atoms with Gasteiger partial charge in [0.2, 0.25) is 5.91 Å². The van der Waals surface area contributed by atoms with Crippen molar-refractivity contribution in [2.75, 3.05) is 18.1 Å². The Balaban J connectivity index is 2.10. The van der Waals surface area contributed by atoms with Crippen LogP contribution in [0.15, 0.2) is 24.3 Å². The van der Waals surface area contributed by atoms with Crippen LogP contribution in [0.1, 0.15) is 44.4 Å². The number of fused-ring (bicyclic) bond motifs is 1. The summed E-state index contributed by atoms with van der Waals surface area (Å²) in [5.41, 5.74) is 3.90. The summed E-state index contributed by atoms with van der Waals surface area (Å²) in [5.74, 6) is -0.0705. The van der Waals surface area contributed by atoms with Crippen molar-refractivity contribution < 1.29 is 19.4 Å². The molecule has 0 radical (unpaired) electrons. The highest BCUT2D eigenvalue weighted by Gasteiger charge is 2.39. The van der Waals surface area contributed by atoms with E-state index in [2.05, 4.69) is 11.4 Å². The SMILES string of the molecule is CC(=O)N1c2ccc(C3=CCOCC3)cc2[C@H](NC(=O)O)[C@@H](C)[C@@H]1C. The maximum atomic E-state index is 12.2. The van der Waals surface area contributed by atoms with Crippen molar-refractivity contribution in [1.29, 1.82) is 0 Å². The molecule has 2 aliphatic heterocycles. The van der Waals surface area contributed by atoms with Gasteiger partial charge >= 0.3 is 6.09 Å². The summed E-state index contributed by atoms with van der Waals surface area (Å²) in [5, 5.41) is 11.9. The van der Waals surface area contributed by atoms with Crippen LogP contribution >= 0.6 is 0 Å². The predicted octanol–water partition coefficient (Wildman–Crippen LogP) is 3.19. The Morgan fingerprint density at radius 3 is 2.68 bits per heavy atom. The van der Waals surface area contributed by atoms with Crippen LogP contribution < -0.4 is 10.2 Å². The number of amides is 2. The zero-order valence-electron chi connectivity index (χ0n) is 14.8. The zero-order valence-corrected chi connectivity index (χ0v) is 14.8. The average molecular weight is 344 g/mol. The van der Waals surface area contributed by atoms with Gasteiger partial charge < -0.3 is 20.1 Å². The van der Waals surface area contributed by atoms with Crippen LogP contribution in [-0.2, 0) is 9.53 Å². The summed E-state index contributed by atoms with van der Waals surface area (Å²) in [6.07, 6.45) is 1.84. The van der Waals surface area contributed by atoms with E-state index < -0.39 is 6.09 Å². The minimum Gasteiger partial charge on any atom is -0.465 e. The third kappa shape index (κ3) is 3.26. The van der Waals surface area contributed by atoms with Crippen molar-refractivity contribution in [3.8, 4) is 0 Å². The summed E-state index contributed by atoms with van der Waals surface area (Å²) in [4.78, 5) is 25.3. The minimum atomic E-state index is -1.05. The standard InChI is InChI=1S/C19H24N2O4/c1-11-12(2)21(13(3)22)17-5-4-15(14-6-8-25-9-7-14)10-16(17)18(11)20-19(23)24/h4-6,10-12,18,20H,7-9H2,1-3H3,(H,23,24)/t11-,12-,18+/m0/s1. The molecule has 0 fully saturated rings. The number of benzene rings is 1. The van der Waals surface area contributed by atoms with Crippen molar-refractivity contribution in [3.05, 3.63) is 35.4 Å². The molecule has 0 spiro atoms. The first-order valence-corrected chi connectivity index (χ1v) is 8.60. The number of ether oxygens (including phenoxy) is 1. The van der Waals surface area contributed by atoms with E-state index in [4.69, 9.17) is 4.74 Å². The van der Waals surface area contributed by atoms with Gasteiger partial charge in [0.25, 0.3) is 0 Å². The van der Waals surface area contributed by atoms with Crippen LogP contribution in [0.25, 0.3) is 5.57 Å². The molecule has 6 heteroatoms. The smallest absolute Gasteiger partial charge is 0.405 e. The summed E-state index contributed by atoms with van der Waals surface area (Å²) >= 11 is 0. The molecule has 134 valence electrons. The summed E-state index contributed by atoms with van der Waals surface area (Å²) in [6.45, 7) is 6.76. The van der Waals surface area contributed by atoms with Crippen LogP contribution in [0, 0.1) is 5.92 Å². The van der Waals surface area contributed by atoms with E-state index >= 15 is 0 Å². The second-order valence-electron chi connectivity index (χ2n) is 6.74. The van der Waals surface area contributed by atoms with Gasteiger partial charge in [0.05, 0.1) is 19.3 Å². The molecule has 0 saturated heterocycles. The number of nitrogens with one attached hydrogen (secondary N) is 1. The molecule has 0 aliphatic carbocycles. The van der Waals surface area contributed by atoms with E-state index in [1.54, 1.807) is 11.8 Å². The molecule has 1 aromatic rings. The Hall–Kier alpha value is -2.34. The maximum absolute atomic E-state index is 12.2. The van der Waals surface area contributed by atoms with Crippen molar-refractivity contribution >= 4 is 23.3 Å². The lowest BCUT2D eigenvalue weighted by molar-refractivity contribution is -0.117. The van der Waals surface area contributed by atoms with Gasteiger partial charge in [-0.05, 0) is 42.2 Å². The Morgan fingerprint density at radius 1 is 1.32 bits per heavy atom. The largest absolute Gasteiger partial charge is 0.465 e. The van der Waals surface area contributed by atoms with Crippen molar-refractivity contribution in [2.24, 2.45) is 5.92 Å². The monoisotopic (exact) mass is 344 g/mol. The molecule has 1 aromatic carbocycles. The first-order chi connectivity index (χ1) is 11.9. The Labute approximate surface area is 147 Å². The van der Waals surface area contributed by atoms with E-state index in [0.717, 1.165) is 23.2 Å². The van der Waals surface area contributed by atoms with Crippen LogP contribution in [0.3, 0.4) is 0 Å². The lowest BCUT2D eigenvalue weighted by atomic mass is 9.81. The third-order valence-electron chi connectivity index (χ3n) is 5.27. The number of carbonyl (C=O) groups is 2. The van der Waals surface area contributed by atoms with E-state index in [1.807, 2.05) is 32.0 Å². The summed E-state index contributed by atoms with van der Waals surface area (Å²) < 4.78 is 5.37. The molecule has 0 saturated carbocycles. The van der Waals surface area contributed by atoms with Crippen LogP contribution in [-0.4, -0.2) is 36.4 Å². The third-order valence-corrected chi connectivity index (χ3v) is 5.27. The molecule has 2 aliphatic rings. The van der Waals surface area contributed by atoms with Gasteiger partial charge in [-0.1, -0.05) is 19.1 Å². The number of anilines is 1. The maximum Gasteiger partial charge on any atom is 0.405 e. The van der Waals surface area contributed by atoms with E-state index in [-0.39, 0.29) is 23.9 Å². The van der Waals surface area contributed by atoms with Crippen LogP contribution in [0.5, 0.6) is 0 Å². The molecular weight excluding hydrogens is 320 g/mol. The van der Waals surface area contributed by atoms with Crippen molar-refractivity contribution in [2.45, 2.75) is 39.3 Å². The zero-order chi connectivity index (χ0) is 18.1. The van der Waals surface area contributed by atoms with Gasteiger partial charge in [-0.3, -0.25) is 4.79 Å². The van der Waals surface area contributed by atoms with E-state index in [1.165, 1.54) is 5.57 Å². The number of carbonyl (C=O) groups excluding carboxylic acids is 1. The quantitative estimate of drug-likeness (QED) is 0.863. The summed E-state index contributed by atoms with van der Waals surface area (Å²) in [6, 6.07) is 5.52. The molecular formula is C19H24N2O4. The highest BCUT2D eigenvalue weighted by Crippen LogP contribution is 2.42. The van der Waals surface area contributed by atoms with Gasteiger partial charge in [0.15, 0.2) is 0 Å². The Kier molecular flexibility index (Phi) is 4.81. The Morgan fingerprint density at radius 2 is 2.08 bits per heavy atom. The molecule has 0 aromatic heterocycles. The summed E-state index contributed by atoms with van der Waals surface area (Å²) in [7, 11) is 0. The van der Waals surface area contributed by atoms with Gasteiger partial charge in [0, 0.05) is 24.6 Å². The van der Waals surface area contributed by atoms with Gasteiger partial charge in [-0.15, -0.1) is 0 Å². The number of nitrogens with zero attached hydrogens (tertiary/aromatic N) is 1. The number of hydrogen-bond acceptors (Lipinski definition) is 3. The van der Waals surface area contributed by atoms with E-state index in [0.29, 0.717) is 13.2 Å². The van der Waals surface area contributed by atoms with Gasteiger partial charge in [-0.2, -0.15) is 0 Å². The number of rotatable bonds is 2. The van der Waals surface area contributed by atoms with Gasteiger partial charge in [-0.25, -0.2) is 4.79 Å². The normalized spacial score (nSPS) is 25.8. The molecule has 3 rings (SSSR count). The minimum absolute atomic E-state index is 0.0348. The lowest BCUT2D eigenvalue weighted by Crippen LogP contribution is -2.50. The number of hydrogen-bond donors (Lipinski definition) is 2. The fourth-order valence-corrected chi connectivity index (χ4v) is 3.83. The second-order valence-corrected chi connectivity index (χ2v) is 6.74. The Bertz CT molecular complexity index is 728. The number of carboxylic acid groups (broad SMARTS) is 1. The van der Waals surface area contributed by atoms with Crippen molar-refractivity contribution in [1.82, 2.24) is 5.32 Å². The molecule has 2 heterocycles. The fraction of sp³-hybridized carbons (Fsp3) is 0.474. The van der Waals surface area contributed by atoms with Crippen LogP contribution in [0.2, 0.25) is 0 Å².